The van der Waals surface area contributed by atoms with Crippen LogP contribution in [0.25, 0.3) is 0 Å². The molecular formula is C12H16F2N2O. The number of anilines is 1. The van der Waals surface area contributed by atoms with Crippen LogP contribution in [0.15, 0.2) is 12.1 Å². The standard InChI is InChI=1S/C12H16F2N2O/c1-12(17)2-3-16(7-12)11-9(13)4-8(6-15)5-10(11)14/h4-5,17H,2-3,6-7,15H2,1H3. The van der Waals surface area contributed by atoms with Crippen molar-refractivity contribution in [2.45, 2.75) is 25.5 Å². The summed E-state index contributed by atoms with van der Waals surface area (Å²) < 4.78 is 27.6. The second kappa shape index (κ2) is 4.23. The monoisotopic (exact) mass is 242 g/mol. The lowest BCUT2D eigenvalue weighted by Crippen LogP contribution is -2.30. The van der Waals surface area contributed by atoms with Crippen molar-refractivity contribution in [2.75, 3.05) is 18.0 Å². The Labute approximate surface area is 98.8 Å². The average Bonchev–Trinajstić information content (AvgIpc) is 2.57. The minimum Gasteiger partial charge on any atom is -0.388 e. The summed E-state index contributed by atoms with van der Waals surface area (Å²) >= 11 is 0. The van der Waals surface area contributed by atoms with Gasteiger partial charge in [0.15, 0.2) is 0 Å². The zero-order chi connectivity index (χ0) is 12.6. The number of hydrogen-bond acceptors (Lipinski definition) is 3. The van der Waals surface area contributed by atoms with E-state index in [1.807, 2.05) is 0 Å². The van der Waals surface area contributed by atoms with Gasteiger partial charge in [-0.05, 0) is 31.0 Å². The Morgan fingerprint density at radius 2 is 2.00 bits per heavy atom. The number of nitrogens with two attached hydrogens (primary N) is 1. The summed E-state index contributed by atoms with van der Waals surface area (Å²) in [6, 6.07) is 2.48. The number of β-amino-alcohol motifs (C(OH)–C–C–N with tert-alkyl or cyclic N) is 1. The third kappa shape index (κ3) is 2.40. The van der Waals surface area contributed by atoms with Gasteiger partial charge in [0.25, 0.3) is 0 Å². The van der Waals surface area contributed by atoms with Crippen LogP contribution in [0.3, 0.4) is 0 Å². The molecule has 1 heterocycles. The molecule has 0 spiro atoms. The summed E-state index contributed by atoms with van der Waals surface area (Å²) in [5.41, 5.74) is 4.82. The van der Waals surface area contributed by atoms with E-state index in [-0.39, 0.29) is 18.8 Å². The Balaban J connectivity index is 2.34. The van der Waals surface area contributed by atoms with Gasteiger partial charge in [0.2, 0.25) is 0 Å². The molecule has 0 amide bonds. The molecule has 1 aromatic rings. The molecule has 1 atom stereocenters. The van der Waals surface area contributed by atoms with Crippen molar-refractivity contribution in [3.8, 4) is 0 Å². The van der Waals surface area contributed by atoms with E-state index in [4.69, 9.17) is 5.73 Å². The van der Waals surface area contributed by atoms with Crippen molar-refractivity contribution in [3.05, 3.63) is 29.3 Å². The van der Waals surface area contributed by atoms with Crippen molar-refractivity contribution < 1.29 is 13.9 Å². The number of nitrogens with zero attached hydrogens (tertiary/aromatic N) is 1. The molecule has 1 saturated heterocycles. The maximum absolute atomic E-state index is 13.8. The molecule has 17 heavy (non-hydrogen) atoms. The van der Waals surface area contributed by atoms with E-state index < -0.39 is 17.2 Å². The van der Waals surface area contributed by atoms with Gasteiger partial charge in [0.1, 0.15) is 17.3 Å². The fourth-order valence-corrected chi connectivity index (χ4v) is 2.17. The molecule has 1 aliphatic heterocycles. The van der Waals surface area contributed by atoms with Crippen LogP contribution >= 0.6 is 0 Å². The van der Waals surface area contributed by atoms with Crippen molar-refractivity contribution in [1.82, 2.24) is 0 Å². The molecule has 0 aromatic heterocycles. The summed E-state index contributed by atoms with van der Waals surface area (Å²) in [5.74, 6) is -1.24. The lowest BCUT2D eigenvalue weighted by Gasteiger charge is -2.22. The van der Waals surface area contributed by atoms with Crippen LogP contribution in [0.1, 0.15) is 18.9 Å². The maximum Gasteiger partial charge on any atom is 0.149 e. The number of rotatable bonds is 2. The van der Waals surface area contributed by atoms with Gasteiger partial charge in [0.05, 0.1) is 5.60 Å². The van der Waals surface area contributed by atoms with Crippen LogP contribution in [0, 0.1) is 11.6 Å². The number of aliphatic hydroxyl groups is 1. The summed E-state index contributed by atoms with van der Waals surface area (Å²) in [5, 5.41) is 9.80. The Morgan fingerprint density at radius 3 is 2.41 bits per heavy atom. The summed E-state index contributed by atoms with van der Waals surface area (Å²) in [4.78, 5) is 1.53. The van der Waals surface area contributed by atoms with Crippen LogP contribution in [0.5, 0.6) is 0 Å². The Bertz CT molecular complexity index is 412. The Hall–Kier alpha value is -1.20. The summed E-state index contributed by atoms with van der Waals surface area (Å²) in [7, 11) is 0. The lowest BCUT2D eigenvalue weighted by atomic mass is 10.1. The van der Waals surface area contributed by atoms with Gasteiger partial charge in [-0.1, -0.05) is 0 Å². The first kappa shape index (κ1) is 12.3. The quantitative estimate of drug-likeness (QED) is 0.823. The molecule has 3 nitrogen and oxygen atoms in total. The first-order valence-corrected chi connectivity index (χ1v) is 5.58. The normalized spacial score (nSPS) is 24.4. The largest absolute Gasteiger partial charge is 0.388 e. The molecule has 1 aromatic carbocycles. The van der Waals surface area contributed by atoms with Crippen molar-refractivity contribution in [3.63, 3.8) is 0 Å². The minimum absolute atomic E-state index is 0.0695. The Kier molecular flexibility index (Phi) is 3.05. The molecule has 3 N–H and O–H groups in total. The minimum atomic E-state index is -0.884. The second-order valence-electron chi connectivity index (χ2n) is 4.78. The van der Waals surface area contributed by atoms with Crippen LogP contribution in [0.2, 0.25) is 0 Å². The van der Waals surface area contributed by atoms with Gasteiger partial charge in [0, 0.05) is 19.6 Å². The van der Waals surface area contributed by atoms with Crippen LogP contribution in [-0.2, 0) is 6.54 Å². The molecule has 0 bridgehead atoms. The molecule has 0 saturated carbocycles. The second-order valence-corrected chi connectivity index (χ2v) is 4.78. The van der Waals surface area contributed by atoms with Crippen molar-refractivity contribution >= 4 is 5.69 Å². The lowest BCUT2D eigenvalue weighted by molar-refractivity contribution is 0.0839. The van der Waals surface area contributed by atoms with E-state index in [1.165, 1.54) is 17.0 Å². The predicted octanol–water partition coefficient (Wildman–Crippen LogP) is 1.38. The first-order chi connectivity index (χ1) is 7.93. The van der Waals surface area contributed by atoms with Crippen molar-refractivity contribution in [1.29, 1.82) is 0 Å². The number of hydrogen-bond donors (Lipinski definition) is 2. The van der Waals surface area contributed by atoms with E-state index in [0.29, 0.717) is 18.5 Å². The zero-order valence-corrected chi connectivity index (χ0v) is 9.71. The Morgan fingerprint density at radius 1 is 1.41 bits per heavy atom. The van der Waals surface area contributed by atoms with E-state index in [2.05, 4.69) is 0 Å². The third-order valence-corrected chi connectivity index (χ3v) is 3.08. The molecule has 5 heteroatoms. The van der Waals surface area contributed by atoms with Gasteiger partial charge < -0.3 is 15.7 Å². The molecule has 94 valence electrons. The molecule has 0 radical (unpaired) electrons. The maximum atomic E-state index is 13.8. The molecule has 0 aliphatic carbocycles. The molecular weight excluding hydrogens is 226 g/mol. The van der Waals surface area contributed by atoms with Gasteiger partial charge in [-0.25, -0.2) is 8.78 Å². The van der Waals surface area contributed by atoms with Gasteiger partial charge in [-0.3, -0.25) is 0 Å². The fraction of sp³-hybridized carbons (Fsp3) is 0.500. The predicted molar refractivity (Wildman–Crippen MR) is 61.7 cm³/mol. The SMILES string of the molecule is CC1(O)CCN(c2c(F)cc(CN)cc2F)C1. The fourth-order valence-electron chi connectivity index (χ4n) is 2.17. The average molecular weight is 242 g/mol. The summed E-state index contributed by atoms with van der Waals surface area (Å²) in [6.07, 6.45) is 0.504. The highest BCUT2D eigenvalue weighted by Gasteiger charge is 2.33. The highest BCUT2D eigenvalue weighted by Crippen LogP contribution is 2.31. The van der Waals surface area contributed by atoms with Gasteiger partial charge in [-0.15, -0.1) is 0 Å². The van der Waals surface area contributed by atoms with Crippen LogP contribution < -0.4 is 10.6 Å². The van der Waals surface area contributed by atoms with E-state index in [0.717, 1.165) is 0 Å². The number of halogens is 2. The smallest absolute Gasteiger partial charge is 0.149 e. The first-order valence-electron chi connectivity index (χ1n) is 5.58. The summed E-state index contributed by atoms with van der Waals surface area (Å²) in [6.45, 7) is 2.45. The zero-order valence-electron chi connectivity index (χ0n) is 9.71. The highest BCUT2D eigenvalue weighted by atomic mass is 19.1. The molecule has 1 fully saturated rings. The van der Waals surface area contributed by atoms with Gasteiger partial charge in [-0.2, -0.15) is 0 Å². The van der Waals surface area contributed by atoms with Crippen LogP contribution in [-0.4, -0.2) is 23.8 Å². The van der Waals surface area contributed by atoms with E-state index in [1.54, 1.807) is 6.92 Å². The number of benzene rings is 1. The molecule has 2 rings (SSSR count). The van der Waals surface area contributed by atoms with E-state index in [9.17, 15) is 13.9 Å². The third-order valence-electron chi connectivity index (χ3n) is 3.08. The van der Waals surface area contributed by atoms with Crippen LogP contribution in [0.4, 0.5) is 14.5 Å². The van der Waals surface area contributed by atoms with Crippen molar-refractivity contribution in [2.24, 2.45) is 5.73 Å². The highest BCUT2D eigenvalue weighted by molar-refractivity contribution is 5.52. The molecule has 1 aliphatic rings. The topological polar surface area (TPSA) is 49.5 Å². The molecule has 1 unspecified atom stereocenters. The van der Waals surface area contributed by atoms with Gasteiger partial charge >= 0.3 is 0 Å². The van der Waals surface area contributed by atoms with E-state index >= 15 is 0 Å².